The molecule has 1 aromatic heterocycles. The Morgan fingerprint density at radius 1 is 0.972 bits per heavy atom. The third-order valence-corrected chi connectivity index (χ3v) is 6.05. The van der Waals surface area contributed by atoms with Crippen molar-refractivity contribution in [3.63, 3.8) is 0 Å². The summed E-state index contributed by atoms with van der Waals surface area (Å²) in [7, 11) is 0. The maximum Gasteiger partial charge on any atom is 0.339 e. The third kappa shape index (κ3) is 4.86. The van der Waals surface area contributed by atoms with Gasteiger partial charge in [-0.1, -0.05) is 48.5 Å². The number of rotatable bonds is 5. The van der Waals surface area contributed by atoms with Crippen LogP contribution in [-0.4, -0.2) is 23.5 Å². The Bertz CT molecular complexity index is 1500. The Balaban J connectivity index is 1.45. The van der Waals surface area contributed by atoms with Crippen molar-refractivity contribution >= 4 is 40.1 Å². The van der Waals surface area contributed by atoms with Crippen LogP contribution in [0.2, 0.25) is 0 Å². The second-order valence-corrected chi connectivity index (χ2v) is 8.51. The number of amides is 1. The first-order valence-electron chi connectivity index (χ1n) is 11.6. The minimum atomic E-state index is -0.915. The predicted octanol–water partition coefficient (Wildman–Crippen LogP) is 6.19. The van der Waals surface area contributed by atoms with Crippen LogP contribution >= 0.6 is 0 Å². The number of halogens is 2. The summed E-state index contributed by atoms with van der Waals surface area (Å²) >= 11 is 0. The number of hydrogen-bond donors (Lipinski definition) is 1. The molecule has 1 N–H and O–H groups in total. The van der Waals surface area contributed by atoms with Crippen molar-refractivity contribution in [2.45, 2.75) is 19.3 Å². The van der Waals surface area contributed by atoms with Gasteiger partial charge in [0.25, 0.3) is 5.91 Å². The molecule has 1 heterocycles. The zero-order valence-electron chi connectivity index (χ0n) is 19.3. The van der Waals surface area contributed by atoms with E-state index in [0.717, 1.165) is 47.4 Å². The van der Waals surface area contributed by atoms with Crippen LogP contribution < -0.4 is 5.32 Å². The van der Waals surface area contributed by atoms with Gasteiger partial charge in [-0.2, -0.15) is 0 Å². The average molecular weight is 485 g/mol. The number of nitrogens with zero attached hydrogens (tertiary/aromatic N) is 1. The Kier molecular flexibility index (Phi) is 6.54. The van der Waals surface area contributed by atoms with E-state index in [1.165, 1.54) is 0 Å². The molecule has 0 saturated heterocycles. The molecule has 0 unspecified atom stereocenters. The van der Waals surface area contributed by atoms with Gasteiger partial charge in [-0.3, -0.25) is 4.79 Å². The van der Waals surface area contributed by atoms with Crippen LogP contribution in [0.3, 0.4) is 0 Å². The normalized spacial score (nSPS) is 13.9. The van der Waals surface area contributed by atoms with E-state index in [9.17, 15) is 18.4 Å². The number of carbonyl (C=O) groups is 2. The van der Waals surface area contributed by atoms with Gasteiger partial charge in [0, 0.05) is 11.5 Å². The summed E-state index contributed by atoms with van der Waals surface area (Å²) in [6.45, 7) is -0.617. The topological polar surface area (TPSA) is 68.3 Å². The van der Waals surface area contributed by atoms with Crippen molar-refractivity contribution in [2.75, 3.05) is 11.9 Å². The molecule has 5 rings (SSSR count). The van der Waals surface area contributed by atoms with Crippen molar-refractivity contribution in [3.05, 3.63) is 107 Å². The third-order valence-electron chi connectivity index (χ3n) is 6.05. The number of fused-ring (bicyclic) bond motifs is 2. The van der Waals surface area contributed by atoms with E-state index in [1.54, 1.807) is 0 Å². The van der Waals surface area contributed by atoms with Gasteiger partial charge in [0.2, 0.25) is 0 Å². The summed E-state index contributed by atoms with van der Waals surface area (Å²) < 4.78 is 32.3. The smallest absolute Gasteiger partial charge is 0.339 e. The molecular formula is C29H22F2N2O3. The first-order valence-corrected chi connectivity index (χ1v) is 11.6. The fraction of sp³-hybridized carbons (Fsp3) is 0.138. The molecule has 1 aliphatic carbocycles. The summed E-state index contributed by atoms with van der Waals surface area (Å²) in [5.41, 5.74) is 4.47. The number of pyridine rings is 1. The molecule has 0 bridgehead atoms. The second kappa shape index (κ2) is 10.1. The quantitative estimate of drug-likeness (QED) is 0.343. The Labute approximate surface area is 206 Å². The number of allylic oxidation sites excluding steroid dienone is 1. The van der Waals surface area contributed by atoms with Crippen molar-refractivity contribution in [2.24, 2.45) is 0 Å². The van der Waals surface area contributed by atoms with Crippen molar-refractivity contribution in [1.29, 1.82) is 0 Å². The molecule has 7 heteroatoms. The lowest BCUT2D eigenvalue weighted by atomic mass is 9.86. The summed E-state index contributed by atoms with van der Waals surface area (Å²) in [6, 6.07) is 20.0. The highest BCUT2D eigenvalue weighted by Crippen LogP contribution is 2.36. The van der Waals surface area contributed by atoms with Gasteiger partial charge in [0.15, 0.2) is 6.61 Å². The van der Waals surface area contributed by atoms with Crippen LogP contribution in [-0.2, 0) is 16.0 Å². The van der Waals surface area contributed by atoms with E-state index in [2.05, 4.69) is 11.4 Å². The largest absolute Gasteiger partial charge is 0.452 e. The number of hydrogen-bond acceptors (Lipinski definition) is 4. The lowest BCUT2D eigenvalue weighted by Gasteiger charge is -2.22. The van der Waals surface area contributed by atoms with Gasteiger partial charge in [0.1, 0.15) is 11.6 Å². The Morgan fingerprint density at radius 3 is 2.56 bits per heavy atom. The second-order valence-electron chi connectivity index (χ2n) is 8.51. The van der Waals surface area contributed by atoms with E-state index in [0.29, 0.717) is 29.0 Å². The number of para-hydroxylation sites is 1. The molecule has 36 heavy (non-hydrogen) atoms. The summed E-state index contributed by atoms with van der Waals surface area (Å²) in [6.07, 6.45) is 4.40. The maximum absolute atomic E-state index is 13.9. The number of nitrogens with one attached hydrogen (secondary N) is 1. The van der Waals surface area contributed by atoms with Gasteiger partial charge in [-0.15, -0.1) is 0 Å². The number of ether oxygens (including phenoxy) is 1. The van der Waals surface area contributed by atoms with Gasteiger partial charge in [0.05, 0.1) is 22.5 Å². The molecule has 180 valence electrons. The van der Waals surface area contributed by atoms with E-state index in [-0.39, 0.29) is 5.69 Å². The number of carbonyl (C=O) groups excluding carboxylic acids is 2. The molecular weight excluding hydrogens is 462 g/mol. The molecule has 1 aliphatic rings. The molecule has 5 nitrogen and oxygen atoms in total. The maximum atomic E-state index is 13.9. The highest BCUT2D eigenvalue weighted by Gasteiger charge is 2.26. The van der Waals surface area contributed by atoms with E-state index in [4.69, 9.17) is 9.72 Å². The zero-order valence-corrected chi connectivity index (χ0v) is 19.3. The van der Waals surface area contributed by atoms with Gasteiger partial charge < -0.3 is 10.1 Å². The van der Waals surface area contributed by atoms with Crippen LogP contribution in [0.25, 0.3) is 22.6 Å². The number of esters is 1. The summed E-state index contributed by atoms with van der Waals surface area (Å²) in [4.78, 5) is 30.5. The van der Waals surface area contributed by atoms with E-state index in [1.807, 2.05) is 54.6 Å². The highest BCUT2D eigenvalue weighted by atomic mass is 19.1. The van der Waals surface area contributed by atoms with Crippen LogP contribution in [0.5, 0.6) is 0 Å². The molecule has 3 aromatic carbocycles. The minimum absolute atomic E-state index is 0.195. The van der Waals surface area contributed by atoms with Crippen molar-refractivity contribution in [3.8, 4) is 0 Å². The minimum Gasteiger partial charge on any atom is -0.452 e. The van der Waals surface area contributed by atoms with Gasteiger partial charge >= 0.3 is 5.97 Å². The molecule has 0 saturated carbocycles. The van der Waals surface area contributed by atoms with Crippen molar-refractivity contribution < 1.29 is 23.1 Å². The first kappa shape index (κ1) is 23.4. The molecule has 0 fully saturated rings. The van der Waals surface area contributed by atoms with Crippen LogP contribution in [0.1, 0.15) is 40.0 Å². The summed E-state index contributed by atoms with van der Waals surface area (Å²) in [5.74, 6) is -3.06. The monoisotopic (exact) mass is 484 g/mol. The lowest BCUT2D eigenvalue weighted by molar-refractivity contribution is -0.119. The van der Waals surface area contributed by atoms with Crippen LogP contribution in [0.4, 0.5) is 14.5 Å². The average Bonchev–Trinajstić information content (AvgIpc) is 2.88. The number of aromatic nitrogens is 1. The Morgan fingerprint density at radius 2 is 1.75 bits per heavy atom. The summed E-state index contributed by atoms with van der Waals surface area (Å²) in [5, 5.41) is 2.94. The molecule has 0 atom stereocenters. The van der Waals surface area contributed by atoms with Crippen molar-refractivity contribution in [1.82, 2.24) is 4.98 Å². The number of anilines is 1. The fourth-order valence-electron chi connectivity index (χ4n) is 4.44. The van der Waals surface area contributed by atoms with Gasteiger partial charge in [-0.25, -0.2) is 18.6 Å². The zero-order chi connectivity index (χ0) is 25.1. The lowest BCUT2D eigenvalue weighted by Crippen LogP contribution is -2.23. The van der Waals surface area contributed by atoms with Crippen LogP contribution in [0, 0.1) is 11.6 Å². The van der Waals surface area contributed by atoms with E-state index >= 15 is 0 Å². The molecule has 0 spiro atoms. The van der Waals surface area contributed by atoms with Gasteiger partial charge in [-0.05, 0) is 60.2 Å². The molecule has 1 amide bonds. The number of benzene rings is 3. The van der Waals surface area contributed by atoms with E-state index < -0.39 is 30.1 Å². The molecule has 0 radical (unpaired) electrons. The predicted molar refractivity (Wildman–Crippen MR) is 134 cm³/mol. The Hall–Kier alpha value is -4.39. The first-order chi connectivity index (χ1) is 17.5. The molecule has 4 aromatic rings. The SMILES string of the molecule is O=C(COC(=O)c1c2c(nc3ccccc13)C(=Cc1ccccc1)CCC2)Nc1ccc(F)cc1F. The van der Waals surface area contributed by atoms with Crippen LogP contribution in [0.15, 0.2) is 72.8 Å². The fourth-order valence-corrected chi connectivity index (χ4v) is 4.44. The standard InChI is InChI=1S/C29H22F2N2O3/c30-20-13-14-25(23(31)16-20)32-26(34)17-36-29(35)27-21-10-4-5-12-24(21)33-28-19(9-6-11-22(27)28)15-18-7-2-1-3-8-18/h1-5,7-8,10,12-16H,6,9,11,17H2,(H,32,34). The highest BCUT2D eigenvalue weighted by molar-refractivity contribution is 6.07. The molecule has 0 aliphatic heterocycles.